The van der Waals surface area contributed by atoms with Gasteiger partial charge in [0.05, 0.1) is 53.9 Å². The molecule has 0 saturated carbocycles. The Morgan fingerprint density at radius 3 is 2.00 bits per heavy atom. The molecule has 0 atom stereocenters. The molecule has 2 rings (SSSR count). The van der Waals surface area contributed by atoms with Crippen molar-refractivity contribution in [3.05, 3.63) is 0 Å². The second-order valence-electron chi connectivity index (χ2n) is 7.11. The number of nitrogens with zero attached hydrogens (tertiary/aromatic N) is 2. The van der Waals surface area contributed by atoms with Crippen molar-refractivity contribution in [2.45, 2.75) is 32.1 Å². The SMILES string of the molecule is C[N+]1(C)CCC(CC[N+]2(C)CCCC2)CC1. The first-order chi connectivity index (χ1) is 7.49. The van der Waals surface area contributed by atoms with E-state index in [4.69, 9.17) is 0 Å². The molecule has 2 nitrogen and oxygen atoms in total. The predicted molar refractivity (Wildman–Crippen MR) is 69.2 cm³/mol. The van der Waals surface area contributed by atoms with Gasteiger partial charge >= 0.3 is 0 Å². The van der Waals surface area contributed by atoms with E-state index in [-0.39, 0.29) is 0 Å². The molecule has 0 unspecified atom stereocenters. The minimum absolute atomic E-state index is 1.03. The zero-order valence-corrected chi connectivity index (χ0v) is 11.5. The summed E-state index contributed by atoms with van der Waals surface area (Å²) in [4.78, 5) is 0. The Hall–Kier alpha value is -0.0800. The number of likely N-dealkylation sites (tertiary alicyclic amines) is 2. The fraction of sp³-hybridized carbons (Fsp3) is 1.00. The van der Waals surface area contributed by atoms with Crippen molar-refractivity contribution < 1.29 is 8.97 Å². The van der Waals surface area contributed by atoms with Crippen molar-refractivity contribution in [3.8, 4) is 0 Å². The van der Waals surface area contributed by atoms with Crippen LogP contribution >= 0.6 is 0 Å². The Balaban J connectivity index is 1.71. The van der Waals surface area contributed by atoms with Crippen LogP contribution in [0, 0.1) is 5.92 Å². The quantitative estimate of drug-likeness (QED) is 0.647. The minimum atomic E-state index is 1.03. The van der Waals surface area contributed by atoms with Gasteiger partial charge in [-0.15, -0.1) is 0 Å². The van der Waals surface area contributed by atoms with Crippen molar-refractivity contribution >= 4 is 0 Å². The molecule has 0 amide bonds. The second-order valence-corrected chi connectivity index (χ2v) is 7.11. The van der Waals surface area contributed by atoms with E-state index < -0.39 is 0 Å². The van der Waals surface area contributed by atoms with Crippen LogP contribution in [0.3, 0.4) is 0 Å². The summed E-state index contributed by atoms with van der Waals surface area (Å²) in [7, 11) is 7.23. The normalized spacial score (nSPS) is 29.4. The van der Waals surface area contributed by atoms with Crippen LogP contribution in [-0.2, 0) is 0 Å². The van der Waals surface area contributed by atoms with E-state index >= 15 is 0 Å². The average Bonchev–Trinajstić information content (AvgIpc) is 2.64. The maximum Gasteiger partial charge on any atom is 0.0787 e. The Bertz CT molecular complexity index is 219. The Morgan fingerprint density at radius 1 is 0.875 bits per heavy atom. The third-order valence-electron chi connectivity index (χ3n) is 5.01. The zero-order chi connectivity index (χ0) is 11.6. The maximum absolute atomic E-state index is 2.47. The van der Waals surface area contributed by atoms with Gasteiger partial charge in [0.15, 0.2) is 0 Å². The van der Waals surface area contributed by atoms with Crippen LogP contribution in [0.25, 0.3) is 0 Å². The number of piperidine rings is 1. The van der Waals surface area contributed by atoms with E-state index in [9.17, 15) is 0 Å². The summed E-state index contributed by atoms with van der Waals surface area (Å²) in [6.07, 6.45) is 7.34. The van der Waals surface area contributed by atoms with Gasteiger partial charge in [-0.05, 0) is 25.2 Å². The maximum atomic E-state index is 2.47. The van der Waals surface area contributed by atoms with Gasteiger partial charge in [-0.2, -0.15) is 0 Å². The summed E-state index contributed by atoms with van der Waals surface area (Å²) in [5.74, 6) is 1.03. The van der Waals surface area contributed by atoms with E-state index in [1.54, 1.807) is 0 Å². The number of hydrogen-bond acceptors (Lipinski definition) is 0. The van der Waals surface area contributed by atoms with Gasteiger partial charge in [-0.25, -0.2) is 0 Å². The van der Waals surface area contributed by atoms with E-state index in [0.717, 1.165) is 5.92 Å². The summed E-state index contributed by atoms with van der Waals surface area (Å²) in [6.45, 7) is 7.11. The van der Waals surface area contributed by atoms with Crippen LogP contribution in [0.4, 0.5) is 0 Å². The second kappa shape index (κ2) is 4.66. The van der Waals surface area contributed by atoms with E-state index in [0.29, 0.717) is 0 Å². The van der Waals surface area contributed by atoms with E-state index in [1.165, 1.54) is 73.8 Å². The van der Waals surface area contributed by atoms with E-state index in [2.05, 4.69) is 21.1 Å². The molecule has 0 spiro atoms. The molecular weight excluding hydrogens is 196 g/mol. The van der Waals surface area contributed by atoms with Gasteiger partial charge in [-0.3, -0.25) is 0 Å². The number of quaternary nitrogens is 2. The van der Waals surface area contributed by atoms with Crippen molar-refractivity contribution in [2.24, 2.45) is 5.92 Å². The summed E-state index contributed by atoms with van der Waals surface area (Å²) < 4.78 is 2.62. The molecule has 0 bridgehead atoms. The standard InChI is InChI=1S/C14H30N2/c1-15(2)11-6-14(7-12-15)8-13-16(3)9-4-5-10-16/h14H,4-13H2,1-3H3/q+2. The molecule has 2 aliphatic rings. The lowest BCUT2D eigenvalue weighted by molar-refractivity contribution is -0.902. The molecule has 0 radical (unpaired) electrons. The highest BCUT2D eigenvalue weighted by Crippen LogP contribution is 2.25. The summed E-state index contributed by atoms with van der Waals surface area (Å²) in [5, 5.41) is 0. The molecule has 2 aliphatic heterocycles. The Morgan fingerprint density at radius 2 is 1.44 bits per heavy atom. The molecule has 0 aromatic heterocycles. The molecule has 0 aliphatic carbocycles. The van der Waals surface area contributed by atoms with Crippen molar-refractivity contribution in [1.82, 2.24) is 0 Å². The highest BCUT2D eigenvalue weighted by Gasteiger charge is 2.30. The lowest BCUT2D eigenvalue weighted by atomic mass is 9.92. The van der Waals surface area contributed by atoms with E-state index in [1.807, 2.05) is 0 Å². The number of hydrogen-bond donors (Lipinski definition) is 0. The first kappa shape index (κ1) is 12.4. The molecule has 2 saturated heterocycles. The molecule has 0 N–H and O–H groups in total. The van der Waals surface area contributed by atoms with Crippen LogP contribution in [0.2, 0.25) is 0 Å². The molecule has 2 heteroatoms. The summed E-state index contributed by atoms with van der Waals surface area (Å²) in [6, 6.07) is 0. The summed E-state index contributed by atoms with van der Waals surface area (Å²) >= 11 is 0. The van der Waals surface area contributed by atoms with Crippen molar-refractivity contribution in [2.75, 3.05) is 53.9 Å². The van der Waals surface area contributed by atoms with Crippen LogP contribution in [0.15, 0.2) is 0 Å². The molecule has 16 heavy (non-hydrogen) atoms. The highest BCUT2D eigenvalue weighted by atomic mass is 15.3. The fourth-order valence-electron chi connectivity index (χ4n) is 3.43. The highest BCUT2D eigenvalue weighted by molar-refractivity contribution is 4.64. The van der Waals surface area contributed by atoms with Crippen molar-refractivity contribution in [1.29, 1.82) is 0 Å². The summed E-state index contributed by atoms with van der Waals surface area (Å²) in [5.41, 5.74) is 0. The molecule has 0 aromatic carbocycles. The van der Waals surface area contributed by atoms with Gasteiger partial charge in [-0.1, -0.05) is 0 Å². The van der Waals surface area contributed by atoms with Gasteiger partial charge in [0, 0.05) is 12.8 Å². The van der Waals surface area contributed by atoms with Crippen LogP contribution in [0.5, 0.6) is 0 Å². The van der Waals surface area contributed by atoms with Gasteiger partial charge in [0.2, 0.25) is 0 Å². The van der Waals surface area contributed by atoms with Crippen LogP contribution in [0.1, 0.15) is 32.1 Å². The van der Waals surface area contributed by atoms with Crippen molar-refractivity contribution in [3.63, 3.8) is 0 Å². The fourth-order valence-corrected chi connectivity index (χ4v) is 3.43. The first-order valence-corrected chi connectivity index (χ1v) is 7.15. The molecule has 2 heterocycles. The average molecular weight is 226 g/mol. The monoisotopic (exact) mass is 226 g/mol. The lowest BCUT2D eigenvalue weighted by Gasteiger charge is -2.38. The largest absolute Gasteiger partial charge is 0.328 e. The molecule has 94 valence electrons. The lowest BCUT2D eigenvalue weighted by Crippen LogP contribution is -2.47. The Labute approximate surface area is 101 Å². The Kier molecular flexibility index (Phi) is 3.60. The zero-order valence-electron chi connectivity index (χ0n) is 11.5. The van der Waals surface area contributed by atoms with Crippen LogP contribution < -0.4 is 0 Å². The first-order valence-electron chi connectivity index (χ1n) is 7.15. The smallest absolute Gasteiger partial charge is 0.0787 e. The van der Waals surface area contributed by atoms with Gasteiger partial charge in [0.25, 0.3) is 0 Å². The third-order valence-corrected chi connectivity index (χ3v) is 5.01. The van der Waals surface area contributed by atoms with Gasteiger partial charge < -0.3 is 8.97 Å². The molecule has 2 fully saturated rings. The third kappa shape index (κ3) is 3.21. The predicted octanol–water partition coefficient (Wildman–Crippen LogP) is 2.10. The number of rotatable bonds is 3. The molecule has 0 aromatic rings. The van der Waals surface area contributed by atoms with Crippen LogP contribution in [-0.4, -0.2) is 62.8 Å². The topological polar surface area (TPSA) is 0 Å². The molecular formula is C14H30N2+2. The minimum Gasteiger partial charge on any atom is -0.328 e. The van der Waals surface area contributed by atoms with Gasteiger partial charge in [0.1, 0.15) is 0 Å².